The highest BCUT2D eigenvalue weighted by Crippen LogP contribution is 2.66. The van der Waals surface area contributed by atoms with Crippen LogP contribution in [0.25, 0.3) is 0 Å². The molecule has 2 aromatic rings. The first-order valence-corrected chi connectivity index (χ1v) is 10.6. The molecule has 0 radical (unpaired) electrons. The van der Waals surface area contributed by atoms with Gasteiger partial charge in [-0.05, 0) is 30.8 Å². The lowest BCUT2D eigenvalue weighted by Crippen LogP contribution is -2.05. The number of rotatable bonds is 2. The van der Waals surface area contributed by atoms with Crippen molar-refractivity contribution in [1.29, 1.82) is 0 Å². The van der Waals surface area contributed by atoms with Crippen LogP contribution in [-0.4, -0.2) is 0 Å². The standard InChI is InChI=1S/C14H12S4/c1-3-7-11(8-4-1)13-14(16-18-17-15-13)12-9-5-2-6-10-12/h1-10,13-14H. The predicted molar refractivity (Wildman–Crippen MR) is 88.7 cm³/mol. The summed E-state index contributed by atoms with van der Waals surface area (Å²) in [6.07, 6.45) is 0. The lowest BCUT2D eigenvalue weighted by atomic mass is 10.0. The van der Waals surface area contributed by atoms with Crippen LogP contribution in [0.2, 0.25) is 0 Å². The molecule has 1 aliphatic heterocycles. The Labute approximate surface area is 123 Å². The molecule has 2 aromatic carbocycles. The van der Waals surface area contributed by atoms with Gasteiger partial charge in [-0.3, -0.25) is 0 Å². The van der Waals surface area contributed by atoms with Crippen molar-refractivity contribution in [3.8, 4) is 0 Å². The summed E-state index contributed by atoms with van der Waals surface area (Å²) in [6.45, 7) is 0. The molecule has 0 bridgehead atoms. The molecular weight excluding hydrogens is 296 g/mol. The smallest absolute Gasteiger partial charge is 0.0577 e. The van der Waals surface area contributed by atoms with Crippen molar-refractivity contribution in [2.45, 2.75) is 10.5 Å². The zero-order valence-electron chi connectivity index (χ0n) is 9.56. The zero-order chi connectivity index (χ0) is 12.2. The van der Waals surface area contributed by atoms with E-state index in [1.807, 2.05) is 41.2 Å². The van der Waals surface area contributed by atoms with E-state index in [2.05, 4.69) is 60.7 Å². The Morgan fingerprint density at radius 2 is 0.944 bits per heavy atom. The quantitative estimate of drug-likeness (QED) is 0.609. The summed E-state index contributed by atoms with van der Waals surface area (Å²) in [7, 11) is 7.74. The number of benzene rings is 2. The Bertz CT molecular complexity index is 438. The zero-order valence-corrected chi connectivity index (χ0v) is 12.8. The summed E-state index contributed by atoms with van der Waals surface area (Å²) in [5.41, 5.74) is 2.85. The van der Waals surface area contributed by atoms with E-state index in [9.17, 15) is 0 Å². The average molecular weight is 309 g/mol. The lowest BCUT2D eigenvalue weighted by Gasteiger charge is -2.29. The van der Waals surface area contributed by atoms with Crippen molar-refractivity contribution >= 4 is 41.2 Å². The molecule has 0 amide bonds. The van der Waals surface area contributed by atoms with Crippen molar-refractivity contribution in [3.63, 3.8) is 0 Å². The number of hydrogen-bond donors (Lipinski definition) is 0. The minimum atomic E-state index is 0.532. The van der Waals surface area contributed by atoms with E-state index in [4.69, 9.17) is 0 Å². The average Bonchev–Trinajstić information content (AvgIpc) is 2.49. The Hall–Kier alpha value is -0.160. The van der Waals surface area contributed by atoms with Gasteiger partial charge in [-0.15, -0.1) is 0 Å². The topological polar surface area (TPSA) is 0 Å². The van der Waals surface area contributed by atoms with E-state index in [1.165, 1.54) is 11.1 Å². The Morgan fingerprint density at radius 3 is 1.33 bits per heavy atom. The summed E-state index contributed by atoms with van der Waals surface area (Å²) in [5.74, 6) is 0. The van der Waals surface area contributed by atoms with Crippen LogP contribution in [0.5, 0.6) is 0 Å². The van der Waals surface area contributed by atoms with E-state index in [1.54, 1.807) is 0 Å². The molecule has 0 aliphatic carbocycles. The van der Waals surface area contributed by atoms with Gasteiger partial charge in [-0.2, -0.15) is 0 Å². The molecule has 2 atom stereocenters. The van der Waals surface area contributed by atoms with Crippen molar-refractivity contribution in [2.75, 3.05) is 0 Å². The normalized spacial score (nSPS) is 23.8. The molecule has 0 spiro atoms. The van der Waals surface area contributed by atoms with Crippen molar-refractivity contribution in [2.24, 2.45) is 0 Å². The minimum absolute atomic E-state index is 0.532. The fourth-order valence-electron chi connectivity index (χ4n) is 1.96. The van der Waals surface area contributed by atoms with E-state index < -0.39 is 0 Å². The maximum absolute atomic E-state index is 2.24. The van der Waals surface area contributed by atoms with E-state index >= 15 is 0 Å². The fraction of sp³-hybridized carbons (Fsp3) is 0.143. The van der Waals surface area contributed by atoms with Gasteiger partial charge in [-0.1, -0.05) is 82.3 Å². The van der Waals surface area contributed by atoms with Crippen molar-refractivity contribution in [1.82, 2.24) is 0 Å². The first-order chi connectivity index (χ1) is 8.95. The third kappa shape index (κ3) is 2.87. The summed E-state index contributed by atoms with van der Waals surface area (Å²) in [6, 6.07) is 21.7. The van der Waals surface area contributed by atoms with Crippen molar-refractivity contribution in [3.05, 3.63) is 71.8 Å². The molecule has 4 heteroatoms. The molecule has 0 aromatic heterocycles. The molecule has 0 N–H and O–H groups in total. The largest absolute Gasteiger partial charge is 0.0719 e. The van der Waals surface area contributed by atoms with Gasteiger partial charge < -0.3 is 0 Å². The fourth-order valence-corrected chi connectivity index (χ4v) is 9.87. The molecule has 1 heterocycles. The van der Waals surface area contributed by atoms with Crippen LogP contribution in [0.1, 0.15) is 21.6 Å². The first-order valence-electron chi connectivity index (χ1n) is 5.70. The highest BCUT2D eigenvalue weighted by atomic mass is 33.7. The second kappa shape index (κ2) is 6.33. The van der Waals surface area contributed by atoms with E-state index in [-0.39, 0.29) is 0 Å². The maximum atomic E-state index is 2.24. The molecular formula is C14H12S4. The van der Waals surface area contributed by atoms with Crippen LogP contribution in [0, 0.1) is 0 Å². The Balaban J connectivity index is 1.92. The third-order valence-corrected chi connectivity index (χ3v) is 10.0. The van der Waals surface area contributed by atoms with Crippen LogP contribution < -0.4 is 0 Å². The van der Waals surface area contributed by atoms with Gasteiger partial charge in [0, 0.05) is 0 Å². The van der Waals surface area contributed by atoms with Gasteiger partial charge in [0.25, 0.3) is 0 Å². The summed E-state index contributed by atoms with van der Waals surface area (Å²) in [5, 5.41) is 1.06. The number of hydrogen-bond acceptors (Lipinski definition) is 4. The van der Waals surface area contributed by atoms with Gasteiger partial charge >= 0.3 is 0 Å². The van der Waals surface area contributed by atoms with E-state index in [0.717, 1.165) is 0 Å². The van der Waals surface area contributed by atoms with Crippen LogP contribution in [0.15, 0.2) is 60.7 Å². The molecule has 2 unspecified atom stereocenters. The predicted octanol–water partition coefficient (Wildman–Crippen LogP) is 6.16. The molecule has 1 fully saturated rings. The second-order valence-electron chi connectivity index (χ2n) is 3.99. The molecule has 1 saturated heterocycles. The van der Waals surface area contributed by atoms with Gasteiger partial charge in [0.15, 0.2) is 0 Å². The van der Waals surface area contributed by atoms with Gasteiger partial charge in [-0.25, -0.2) is 0 Å². The summed E-state index contributed by atoms with van der Waals surface area (Å²) < 4.78 is 0. The molecule has 3 rings (SSSR count). The molecule has 92 valence electrons. The van der Waals surface area contributed by atoms with Crippen LogP contribution in [-0.2, 0) is 0 Å². The molecule has 0 saturated carbocycles. The van der Waals surface area contributed by atoms with Crippen LogP contribution in [0.4, 0.5) is 0 Å². The van der Waals surface area contributed by atoms with Crippen molar-refractivity contribution < 1.29 is 0 Å². The van der Waals surface area contributed by atoms with Crippen LogP contribution in [0.3, 0.4) is 0 Å². The third-order valence-electron chi connectivity index (χ3n) is 2.84. The second-order valence-corrected chi connectivity index (χ2v) is 10.1. The highest BCUT2D eigenvalue weighted by molar-refractivity contribution is 9.26. The molecule has 0 nitrogen and oxygen atoms in total. The SMILES string of the molecule is c1ccc(C2SSSSC2c2ccccc2)cc1. The Kier molecular flexibility index (Phi) is 4.52. The first kappa shape index (κ1) is 12.9. The minimum Gasteiger partial charge on any atom is -0.0719 e. The molecule has 1 aliphatic rings. The van der Waals surface area contributed by atoms with Gasteiger partial charge in [0.2, 0.25) is 0 Å². The Morgan fingerprint density at radius 1 is 0.556 bits per heavy atom. The van der Waals surface area contributed by atoms with Crippen LogP contribution >= 0.6 is 41.2 Å². The summed E-state index contributed by atoms with van der Waals surface area (Å²) in [4.78, 5) is 0. The highest BCUT2D eigenvalue weighted by Gasteiger charge is 2.30. The lowest BCUT2D eigenvalue weighted by molar-refractivity contribution is 0.917. The van der Waals surface area contributed by atoms with Gasteiger partial charge in [0.05, 0.1) is 10.5 Å². The van der Waals surface area contributed by atoms with E-state index in [0.29, 0.717) is 10.5 Å². The maximum Gasteiger partial charge on any atom is 0.0577 e. The summed E-state index contributed by atoms with van der Waals surface area (Å²) >= 11 is 0. The van der Waals surface area contributed by atoms with Gasteiger partial charge in [0.1, 0.15) is 0 Å². The monoisotopic (exact) mass is 308 g/mol. The molecule has 18 heavy (non-hydrogen) atoms.